The van der Waals surface area contributed by atoms with E-state index in [2.05, 4.69) is 38.2 Å². The summed E-state index contributed by atoms with van der Waals surface area (Å²) in [4.78, 5) is 13.3. The van der Waals surface area contributed by atoms with Crippen LogP contribution in [0.4, 0.5) is 0 Å². The first kappa shape index (κ1) is 15.2. The first-order valence-electron chi connectivity index (χ1n) is 6.10. The van der Waals surface area contributed by atoms with Gasteiger partial charge in [0.2, 0.25) is 5.91 Å². The van der Waals surface area contributed by atoms with Crippen LogP contribution in [-0.4, -0.2) is 41.2 Å². The molecule has 5 nitrogen and oxygen atoms in total. The maximum absolute atomic E-state index is 11.2. The van der Waals surface area contributed by atoms with Crippen molar-refractivity contribution < 1.29 is 4.79 Å². The number of amides is 1. The Morgan fingerprint density at radius 1 is 1.56 bits per heavy atom. The highest BCUT2D eigenvalue weighted by Crippen LogP contribution is 2.22. The van der Waals surface area contributed by atoms with Crippen LogP contribution in [0.15, 0.2) is 4.47 Å². The topological polar surface area (TPSA) is 50.2 Å². The van der Waals surface area contributed by atoms with Gasteiger partial charge in [-0.1, -0.05) is 0 Å². The Bertz CT molecular complexity index is 416. The van der Waals surface area contributed by atoms with Gasteiger partial charge >= 0.3 is 0 Å². The van der Waals surface area contributed by atoms with Crippen molar-refractivity contribution in [2.75, 3.05) is 20.6 Å². The van der Waals surface area contributed by atoms with E-state index in [1.165, 1.54) is 0 Å². The van der Waals surface area contributed by atoms with Crippen molar-refractivity contribution in [2.24, 2.45) is 0 Å². The van der Waals surface area contributed by atoms with E-state index in [0.29, 0.717) is 6.42 Å². The highest BCUT2D eigenvalue weighted by atomic mass is 79.9. The van der Waals surface area contributed by atoms with Gasteiger partial charge in [0.1, 0.15) is 0 Å². The molecule has 0 radical (unpaired) electrons. The molecule has 18 heavy (non-hydrogen) atoms. The normalized spacial score (nSPS) is 11.0. The van der Waals surface area contributed by atoms with Crippen molar-refractivity contribution in [3.05, 3.63) is 15.9 Å². The molecule has 0 bridgehead atoms. The summed E-state index contributed by atoms with van der Waals surface area (Å²) >= 11 is 3.57. The summed E-state index contributed by atoms with van der Waals surface area (Å²) in [5, 5.41) is 7.09. The molecule has 0 aromatic carbocycles. The van der Waals surface area contributed by atoms with Crippen LogP contribution in [0.1, 0.15) is 24.7 Å². The van der Waals surface area contributed by atoms with Gasteiger partial charge in [-0.15, -0.1) is 0 Å². The van der Waals surface area contributed by atoms with E-state index in [1.807, 2.05) is 18.7 Å². The third-order valence-electron chi connectivity index (χ3n) is 2.87. The highest BCUT2D eigenvalue weighted by Gasteiger charge is 2.14. The van der Waals surface area contributed by atoms with Crippen molar-refractivity contribution in [3.63, 3.8) is 0 Å². The zero-order valence-corrected chi connectivity index (χ0v) is 13.0. The van der Waals surface area contributed by atoms with Gasteiger partial charge in [0.15, 0.2) is 0 Å². The van der Waals surface area contributed by atoms with Gasteiger partial charge in [-0.3, -0.25) is 9.48 Å². The molecule has 0 atom stereocenters. The second-order valence-electron chi connectivity index (χ2n) is 4.32. The SMILES string of the molecule is CCn1nc(C)c(Br)c1CN(C)CCC(=O)NC. The quantitative estimate of drug-likeness (QED) is 0.866. The van der Waals surface area contributed by atoms with E-state index in [0.717, 1.165) is 35.5 Å². The van der Waals surface area contributed by atoms with Crippen LogP contribution in [-0.2, 0) is 17.9 Å². The average molecular weight is 317 g/mol. The minimum atomic E-state index is 0.0705. The summed E-state index contributed by atoms with van der Waals surface area (Å²) in [7, 11) is 3.67. The van der Waals surface area contributed by atoms with E-state index in [-0.39, 0.29) is 5.91 Å². The first-order valence-corrected chi connectivity index (χ1v) is 6.89. The summed E-state index contributed by atoms with van der Waals surface area (Å²) in [5.74, 6) is 0.0705. The molecule has 0 aliphatic heterocycles. The number of hydrogen-bond donors (Lipinski definition) is 1. The lowest BCUT2D eigenvalue weighted by atomic mass is 10.3. The molecule has 102 valence electrons. The Labute approximate surface area is 117 Å². The van der Waals surface area contributed by atoms with Crippen molar-refractivity contribution >= 4 is 21.8 Å². The van der Waals surface area contributed by atoms with Gasteiger partial charge in [0.25, 0.3) is 0 Å². The van der Waals surface area contributed by atoms with Crippen LogP contribution < -0.4 is 5.32 Å². The zero-order chi connectivity index (χ0) is 13.7. The van der Waals surface area contributed by atoms with Crippen molar-refractivity contribution in [1.29, 1.82) is 0 Å². The second kappa shape index (κ2) is 6.89. The second-order valence-corrected chi connectivity index (χ2v) is 5.12. The Balaban J connectivity index is 2.63. The molecule has 0 aliphatic rings. The summed E-state index contributed by atoms with van der Waals surface area (Å²) in [6, 6.07) is 0. The molecule has 0 aliphatic carbocycles. The van der Waals surface area contributed by atoms with Crippen LogP contribution in [0.2, 0.25) is 0 Å². The number of aryl methyl sites for hydroxylation is 2. The zero-order valence-electron chi connectivity index (χ0n) is 11.5. The maximum Gasteiger partial charge on any atom is 0.221 e. The van der Waals surface area contributed by atoms with Crippen LogP contribution in [0.5, 0.6) is 0 Å². The number of rotatable bonds is 6. The van der Waals surface area contributed by atoms with Crippen LogP contribution in [0.25, 0.3) is 0 Å². The van der Waals surface area contributed by atoms with Crippen LogP contribution in [0, 0.1) is 6.92 Å². The van der Waals surface area contributed by atoms with E-state index < -0.39 is 0 Å². The predicted octanol–water partition coefficient (Wildman–Crippen LogP) is 1.54. The highest BCUT2D eigenvalue weighted by molar-refractivity contribution is 9.10. The van der Waals surface area contributed by atoms with Crippen LogP contribution >= 0.6 is 15.9 Å². The number of aromatic nitrogens is 2. The molecule has 6 heteroatoms. The minimum Gasteiger partial charge on any atom is -0.359 e. The molecule has 0 spiro atoms. The molecular formula is C12H21BrN4O. The molecule has 0 unspecified atom stereocenters. The van der Waals surface area contributed by atoms with Crippen molar-refractivity contribution in [2.45, 2.75) is 33.4 Å². The van der Waals surface area contributed by atoms with E-state index in [9.17, 15) is 4.79 Å². The number of nitrogens with one attached hydrogen (secondary N) is 1. The molecule has 1 rings (SSSR count). The molecule has 0 saturated carbocycles. The van der Waals surface area contributed by atoms with Gasteiger partial charge in [-0.05, 0) is 36.8 Å². The maximum atomic E-state index is 11.2. The van der Waals surface area contributed by atoms with Crippen LogP contribution in [0.3, 0.4) is 0 Å². The molecule has 1 heterocycles. The van der Waals surface area contributed by atoms with Crippen molar-refractivity contribution in [1.82, 2.24) is 20.0 Å². The fourth-order valence-electron chi connectivity index (χ4n) is 1.77. The summed E-state index contributed by atoms with van der Waals surface area (Å²) < 4.78 is 3.06. The monoisotopic (exact) mass is 316 g/mol. The first-order chi connectivity index (χ1) is 8.49. The lowest BCUT2D eigenvalue weighted by molar-refractivity contribution is -0.120. The van der Waals surface area contributed by atoms with Gasteiger partial charge < -0.3 is 10.2 Å². The smallest absolute Gasteiger partial charge is 0.221 e. The number of carbonyl (C=O) groups excluding carboxylic acids is 1. The number of carbonyl (C=O) groups is 1. The lowest BCUT2D eigenvalue weighted by Crippen LogP contribution is -2.27. The van der Waals surface area contributed by atoms with Gasteiger partial charge in [0, 0.05) is 33.1 Å². The Hall–Kier alpha value is -0.880. The van der Waals surface area contributed by atoms with Gasteiger partial charge in [-0.25, -0.2) is 0 Å². The predicted molar refractivity (Wildman–Crippen MR) is 75.4 cm³/mol. The standard InChI is InChI=1S/C12H21BrN4O/c1-5-17-10(12(13)9(2)15-17)8-16(4)7-6-11(18)14-3/h5-8H2,1-4H3,(H,14,18). The number of hydrogen-bond acceptors (Lipinski definition) is 3. The fraction of sp³-hybridized carbons (Fsp3) is 0.667. The molecular weight excluding hydrogens is 296 g/mol. The molecule has 1 aromatic rings. The largest absolute Gasteiger partial charge is 0.359 e. The molecule has 0 saturated heterocycles. The lowest BCUT2D eigenvalue weighted by Gasteiger charge is -2.17. The molecule has 1 N–H and O–H groups in total. The van der Waals surface area contributed by atoms with E-state index >= 15 is 0 Å². The molecule has 0 fully saturated rings. The third-order valence-corrected chi connectivity index (χ3v) is 3.90. The summed E-state index contributed by atoms with van der Waals surface area (Å²) in [6.07, 6.45) is 0.518. The van der Waals surface area contributed by atoms with E-state index in [1.54, 1.807) is 7.05 Å². The number of halogens is 1. The Morgan fingerprint density at radius 3 is 2.78 bits per heavy atom. The fourth-order valence-corrected chi connectivity index (χ4v) is 2.18. The van der Waals surface area contributed by atoms with E-state index in [4.69, 9.17) is 0 Å². The molecule has 1 aromatic heterocycles. The summed E-state index contributed by atoms with van der Waals surface area (Å²) in [6.45, 7) is 6.44. The third kappa shape index (κ3) is 3.81. The Kier molecular flexibility index (Phi) is 5.81. The molecule has 1 amide bonds. The Morgan fingerprint density at radius 2 is 2.22 bits per heavy atom. The van der Waals surface area contributed by atoms with Gasteiger partial charge in [0.05, 0.1) is 15.9 Å². The summed E-state index contributed by atoms with van der Waals surface area (Å²) in [5.41, 5.74) is 2.17. The average Bonchev–Trinajstić information content (AvgIpc) is 2.63. The van der Waals surface area contributed by atoms with Gasteiger partial charge in [-0.2, -0.15) is 5.10 Å². The number of nitrogens with zero attached hydrogens (tertiary/aromatic N) is 3. The van der Waals surface area contributed by atoms with Crippen molar-refractivity contribution in [3.8, 4) is 0 Å². The minimum absolute atomic E-state index is 0.0705.